The second-order valence-electron chi connectivity index (χ2n) is 6.49. The van der Waals surface area contributed by atoms with E-state index >= 15 is 0 Å². The number of hydrogen-bond acceptors (Lipinski definition) is 2. The van der Waals surface area contributed by atoms with Crippen molar-refractivity contribution in [1.29, 1.82) is 0 Å². The molecule has 2 N–H and O–H groups in total. The van der Waals surface area contributed by atoms with E-state index in [0.29, 0.717) is 13.0 Å². The molecule has 3 heteroatoms. The van der Waals surface area contributed by atoms with Gasteiger partial charge in [-0.3, -0.25) is 4.79 Å². The minimum absolute atomic E-state index is 0.0669. The molecule has 1 aromatic carbocycles. The molecule has 0 aliphatic carbocycles. The molecule has 1 amide bonds. The average molecular weight is 277 g/mol. The van der Waals surface area contributed by atoms with Gasteiger partial charge in [0.25, 0.3) is 0 Å². The largest absolute Gasteiger partial charge is 0.396 e. The Morgan fingerprint density at radius 3 is 2.35 bits per heavy atom. The van der Waals surface area contributed by atoms with Crippen LogP contribution in [0.25, 0.3) is 0 Å². The van der Waals surface area contributed by atoms with Gasteiger partial charge in [-0.1, -0.05) is 58.0 Å². The van der Waals surface area contributed by atoms with Crippen LogP contribution >= 0.6 is 0 Å². The number of nitrogens with one attached hydrogen (secondary N) is 1. The maximum Gasteiger partial charge on any atom is 0.227 e. The van der Waals surface area contributed by atoms with Crippen LogP contribution in [-0.2, 0) is 4.79 Å². The minimum atomic E-state index is -0.124. The summed E-state index contributed by atoms with van der Waals surface area (Å²) >= 11 is 0. The zero-order valence-corrected chi connectivity index (χ0v) is 13.0. The van der Waals surface area contributed by atoms with Crippen molar-refractivity contribution in [2.24, 2.45) is 11.3 Å². The Kier molecular flexibility index (Phi) is 6.21. The van der Waals surface area contributed by atoms with Gasteiger partial charge in [0, 0.05) is 13.2 Å². The van der Waals surface area contributed by atoms with Gasteiger partial charge in [0.05, 0.1) is 5.92 Å². The van der Waals surface area contributed by atoms with E-state index in [4.69, 9.17) is 5.11 Å². The first-order valence-corrected chi connectivity index (χ1v) is 7.31. The maximum absolute atomic E-state index is 12.5. The number of aliphatic hydroxyl groups is 1. The van der Waals surface area contributed by atoms with Gasteiger partial charge in [-0.25, -0.2) is 0 Å². The molecule has 0 saturated carbocycles. The Balaban J connectivity index is 2.72. The van der Waals surface area contributed by atoms with Crippen molar-refractivity contribution in [3.8, 4) is 0 Å². The number of carbonyl (C=O) groups is 1. The van der Waals surface area contributed by atoms with Crippen molar-refractivity contribution in [1.82, 2.24) is 5.32 Å². The summed E-state index contributed by atoms with van der Waals surface area (Å²) in [4.78, 5) is 12.5. The van der Waals surface area contributed by atoms with Gasteiger partial charge in [-0.2, -0.15) is 0 Å². The summed E-state index contributed by atoms with van der Waals surface area (Å²) in [5, 5.41) is 12.1. The summed E-state index contributed by atoms with van der Waals surface area (Å²) in [7, 11) is 0. The van der Waals surface area contributed by atoms with Crippen molar-refractivity contribution in [2.45, 2.75) is 40.0 Å². The monoisotopic (exact) mass is 277 g/mol. The highest BCUT2D eigenvalue weighted by atomic mass is 16.3. The van der Waals surface area contributed by atoms with Crippen molar-refractivity contribution >= 4 is 5.91 Å². The lowest BCUT2D eigenvalue weighted by Crippen LogP contribution is -2.38. The normalized spacial score (nSPS) is 13.3. The van der Waals surface area contributed by atoms with Gasteiger partial charge in [0.15, 0.2) is 0 Å². The van der Waals surface area contributed by atoms with Crippen LogP contribution in [0.4, 0.5) is 0 Å². The van der Waals surface area contributed by atoms with Crippen LogP contribution in [-0.4, -0.2) is 24.2 Å². The third-order valence-electron chi connectivity index (χ3n) is 3.64. The molecule has 1 atom stereocenters. The summed E-state index contributed by atoms with van der Waals surface area (Å²) in [5.41, 5.74) is 0.975. The molecule has 112 valence electrons. The SMILES string of the molecule is CC(C)C(C(=O)NCC(C)(C)CCO)c1ccccc1. The summed E-state index contributed by atoms with van der Waals surface area (Å²) in [6.07, 6.45) is 0.685. The van der Waals surface area contributed by atoms with Crippen LogP contribution in [0.1, 0.15) is 45.6 Å². The number of carbonyl (C=O) groups excluding carboxylic acids is 1. The Hall–Kier alpha value is -1.35. The minimum Gasteiger partial charge on any atom is -0.396 e. The fraction of sp³-hybridized carbons (Fsp3) is 0.588. The van der Waals surface area contributed by atoms with Gasteiger partial charge >= 0.3 is 0 Å². The van der Waals surface area contributed by atoms with Gasteiger partial charge in [0.1, 0.15) is 0 Å². The van der Waals surface area contributed by atoms with E-state index in [1.807, 2.05) is 30.3 Å². The molecule has 0 aliphatic rings. The maximum atomic E-state index is 12.5. The quantitative estimate of drug-likeness (QED) is 0.805. The Bertz CT molecular complexity index is 412. The molecule has 1 rings (SSSR count). The summed E-state index contributed by atoms with van der Waals surface area (Å²) < 4.78 is 0. The molecule has 1 unspecified atom stereocenters. The van der Waals surface area contributed by atoms with Crippen LogP contribution in [0.15, 0.2) is 30.3 Å². The zero-order valence-electron chi connectivity index (χ0n) is 13.0. The highest BCUT2D eigenvalue weighted by Gasteiger charge is 2.26. The summed E-state index contributed by atoms with van der Waals surface area (Å²) in [6.45, 7) is 8.97. The van der Waals surface area contributed by atoms with E-state index in [0.717, 1.165) is 5.56 Å². The van der Waals surface area contributed by atoms with Gasteiger partial charge in [-0.15, -0.1) is 0 Å². The smallest absolute Gasteiger partial charge is 0.227 e. The number of aliphatic hydroxyl groups excluding tert-OH is 1. The fourth-order valence-corrected chi connectivity index (χ4v) is 2.33. The van der Waals surface area contributed by atoms with E-state index < -0.39 is 0 Å². The second-order valence-corrected chi connectivity index (χ2v) is 6.49. The number of benzene rings is 1. The third-order valence-corrected chi connectivity index (χ3v) is 3.64. The molecule has 3 nitrogen and oxygen atoms in total. The summed E-state index contributed by atoms with van der Waals surface area (Å²) in [5.74, 6) is 0.191. The fourth-order valence-electron chi connectivity index (χ4n) is 2.33. The lowest BCUT2D eigenvalue weighted by molar-refractivity contribution is -0.124. The first kappa shape index (κ1) is 16.7. The van der Waals surface area contributed by atoms with Crippen LogP contribution < -0.4 is 5.32 Å². The van der Waals surface area contributed by atoms with Crippen molar-refractivity contribution in [3.05, 3.63) is 35.9 Å². The second kappa shape index (κ2) is 7.44. The average Bonchev–Trinajstić information content (AvgIpc) is 2.37. The van der Waals surface area contributed by atoms with Crippen molar-refractivity contribution < 1.29 is 9.90 Å². The highest BCUT2D eigenvalue weighted by molar-refractivity contribution is 5.83. The van der Waals surface area contributed by atoms with Gasteiger partial charge < -0.3 is 10.4 Å². The molecular weight excluding hydrogens is 250 g/mol. The zero-order chi connectivity index (χ0) is 15.2. The van der Waals surface area contributed by atoms with Crippen molar-refractivity contribution in [3.63, 3.8) is 0 Å². The van der Waals surface area contributed by atoms with E-state index in [1.165, 1.54) is 0 Å². The van der Waals surface area contributed by atoms with Crippen LogP contribution in [0.5, 0.6) is 0 Å². The lowest BCUT2D eigenvalue weighted by atomic mass is 9.86. The standard InChI is InChI=1S/C17H27NO2/c1-13(2)15(14-8-6-5-7-9-14)16(20)18-12-17(3,4)10-11-19/h5-9,13,15,19H,10-12H2,1-4H3,(H,18,20). The lowest BCUT2D eigenvalue weighted by Gasteiger charge is -2.27. The summed E-state index contributed by atoms with van der Waals surface area (Å²) in [6, 6.07) is 9.90. The molecule has 0 radical (unpaired) electrons. The van der Waals surface area contributed by atoms with Crippen LogP contribution in [0.3, 0.4) is 0 Å². The number of amides is 1. The molecule has 0 heterocycles. The van der Waals surface area contributed by atoms with E-state index in [2.05, 4.69) is 33.0 Å². The van der Waals surface area contributed by atoms with Gasteiger partial charge in [-0.05, 0) is 23.3 Å². The van der Waals surface area contributed by atoms with Crippen LogP contribution in [0.2, 0.25) is 0 Å². The molecule has 0 bridgehead atoms. The first-order chi connectivity index (χ1) is 9.37. The molecule has 0 aliphatic heterocycles. The Labute approximate surface area is 122 Å². The Morgan fingerprint density at radius 2 is 1.85 bits per heavy atom. The molecule has 0 saturated heterocycles. The molecule has 1 aromatic rings. The number of rotatable bonds is 7. The molecule has 20 heavy (non-hydrogen) atoms. The van der Waals surface area contributed by atoms with E-state index in [9.17, 15) is 4.79 Å². The molecule has 0 spiro atoms. The van der Waals surface area contributed by atoms with Crippen molar-refractivity contribution in [2.75, 3.05) is 13.2 Å². The predicted molar refractivity (Wildman–Crippen MR) is 82.5 cm³/mol. The third kappa shape index (κ3) is 4.97. The number of hydrogen-bond donors (Lipinski definition) is 2. The predicted octanol–water partition coefficient (Wildman–Crippen LogP) is 2.95. The molecule has 0 fully saturated rings. The molecule has 0 aromatic heterocycles. The van der Waals surface area contributed by atoms with E-state index in [-0.39, 0.29) is 29.8 Å². The topological polar surface area (TPSA) is 49.3 Å². The molecular formula is C17H27NO2. The highest BCUT2D eigenvalue weighted by Crippen LogP contribution is 2.25. The van der Waals surface area contributed by atoms with E-state index in [1.54, 1.807) is 0 Å². The first-order valence-electron chi connectivity index (χ1n) is 7.31. The van der Waals surface area contributed by atoms with Gasteiger partial charge in [0.2, 0.25) is 5.91 Å². The van der Waals surface area contributed by atoms with Crippen LogP contribution in [0, 0.1) is 11.3 Å². The Morgan fingerprint density at radius 1 is 1.25 bits per heavy atom.